The smallest absolute Gasteiger partial charge is 0.266 e. The number of benzene rings is 3. The van der Waals surface area contributed by atoms with E-state index in [0.717, 1.165) is 5.56 Å². The van der Waals surface area contributed by atoms with E-state index < -0.39 is 0 Å². The number of rotatable bonds is 5. The van der Waals surface area contributed by atoms with E-state index in [2.05, 4.69) is 0 Å². The standard InChI is InChI=1S/C24H20N2O4/c1-29-18-7-5-6-17(15-18)26-23(25-20-9-4-3-8-19(20)24(26)28)13-11-16-10-12-21(27)22(14-16)30-2/h3-15,27H,1-2H3/b13-11+. The van der Waals surface area contributed by atoms with E-state index in [9.17, 15) is 9.90 Å². The Kier molecular flexibility index (Phi) is 5.22. The van der Waals surface area contributed by atoms with Gasteiger partial charge in [0.1, 0.15) is 11.6 Å². The van der Waals surface area contributed by atoms with E-state index in [1.807, 2.05) is 42.5 Å². The van der Waals surface area contributed by atoms with E-state index in [4.69, 9.17) is 14.5 Å². The zero-order valence-electron chi connectivity index (χ0n) is 16.6. The highest BCUT2D eigenvalue weighted by Gasteiger charge is 2.12. The van der Waals surface area contributed by atoms with Gasteiger partial charge in [-0.1, -0.05) is 30.3 Å². The van der Waals surface area contributed by atoms with Crippen LogP contribution in [0.15, 0.2) is 71.5 Å². The van der Waals surface area contributed by atoms with Crippen LogP contribution in [0.5, 0.6) is 17.2 Å². The summed E-state index contributed by atoms with van der Waals surface area (Å²) in [5.41, 5.74) is 1.89. The molecule has 1 heterocycles. The van der Waals surface area contributed by atoms with Gasteiger partial charge in [0.2, 0.25) is 0 Å². The number of hydrogen-bond donors (Lipinski definition) is 1. The van der Waals surface area contributed by atoms with E-state index in [1.165, 1.54) is 7.11 Å². The summed E-state index contributed by atoms with van der Waals surface area (Å²) in [5, 5.41) is 10.3. The van der Waals surface area contributed by atoms with Gasteiger partial charge in [-0.3, -0.25) is 9.36 Å². The molecule has 0 atom stereocenters. The lowest BCUT2D eigenvalue weighted by Gasteiger charge is -2.12. The lowest BCUT2D eigenvalue weighted by Crippen LogP contribution is -2.22. The van der Waals surface area contributed by atoms with Crippen molar-refractivity contribution in [3.05, 3.63) is 88.5 Å². The summed E-state index contributed by atoms with van der Waals surface area (Å²) in [6.45, 7) is 0. The minimum absolute atomic E-state index is 0.0618. The first-order valence-electron chi connectivity index (χ1n) is 9.32. The van der Waals surface area contributed by atoms with Gasteiger partial charge in [-0.25, -0.2) is 4.98 Å². The summed E-state index contributed by atoms with van der Waals surface area (Å²) < 4.78 is 12.0. The van der Waals surface area contributed by atoms with Gasteiger partial charge >= 0.3 is 0 Å². The molecule has 0 amide bonds. The average molecular weight is 400 g/mol. The molecule has 0 saturated carbocycles. The fourth-order valence-corrected chi connectivity index (χ4v) is 3.23. The molecule has 0 aliphatic rings. The number of phenolic OH excluding ortho intramolecular Hbond substituents is 1. The van der Waals surface area contributed by atoms with Crippen LogP contribution in [0, 0.1) is 0 Å². The number of methoxy groups -OCH3 is 2. The molecule has 0 spiro atoms. The number of para-hydroxylation sites is 1. The third-order valence-electron chi connectivity index (χ3n) is 4.74. The quantitative estimate of drug-likeness (QED) is 0.541. The van der Waals surface area contributed by atoms with Crippen LogP contribution in [0.3, 0.4) is 0 Å². The van der Waals surface area contributed by atoms with Crippen LogP contribution in [0.2, 0.25) is 0 Å². The lowest BCUT2D eigenvalue weighted by atomic mass is 10.1. The Morgan fingerprint density at radius 2 is 1.77 bits per heavy atom. The number of ether oxygens (including phenoxy) is 2. The zero-order valence-corrected chi connectivity index (χ0v) is 16.6. The van der Waals surface area contributed by atoms with Gasteiger partial charge in [0.05, 0.1) is 30.8 Å². The van der Waals surface area contributed by atoms with Crippen molar-refractivity contribution in [3.63, 3.8) is 0 Å². The Labute approximate surface area is 173 Å². The molecule has 0 saturated heterocycles. The molecule has 3 aromatic carbocycles. The van der Waals surface area contributed by atoms with Gasteiger partial charge in [-0.2, -0.15) is 0 Å². The number of nitrogens with zero attached hydrogens (tertiary/aromatic N) is 2. The van der Waals surface area contributed by atoms with Crippen LogP contribution in [0.4, 0.5) is 0 Å². The molecule has 4 rings (SSSR count). The van der Waals surface area contributed by atoms with Gasteiger partial charge in [-0.15, -0.1) is 0 Å². The van der Waals surface area contributed by atoms with Crippen molar-refractivity contribution in [1.82, 2.24) is 9.55 Å². The van der Waals surface area contributed by atoms with Crippen molar-refractivity contribution in [1.29, 1.82) is 0 Å². The van der Waals surface area contributed by atoms with Crippen molar-refractivity contribution in [3.8, 4) is 22.9 Å². The molecule has 0 aliphatic carbocycles. The molecule has 0 bridgehead atoms. The summed E-state index contributed by atoms with van der Waals surface area (Å²) in [5.74, 6) is 1.55. The highest BCUT2D eigenvalue weighted by Crippen LogP contribution is 2.27. The van der Waals surface area contributed by atoms with E-state index >= 15 is 0 Å². The summed E-state index contributed by atoms with van der Waals surface area (Å²) in [6, 6.07) is 19.5. The highest BCUT2D eigenvalue weighted by molar-refractivity contribution is 5.80. The van der Waals surface area contributed by atoms with E-state index in [1.54, 1.807) is 48.1 Å². The molecule has 0 radical (unpaired) electrons. The number of aromatic hydroxyl groups is 1. The molecule has 1 N–H and O–H groups in total. The second kappa shape index (κ2) is 8.13. The molecule has 1 aromatic heterocycles. The molecule has 6 heteroatoms. The Morgan fingerprint density at radius 3 is 2.57 bits per heavy atom. The largest absolute Gasteiger partial charge is 0.504 e. The van der Waals surface area contributed by atoms with Gasteiger partial charge in [-0.05, 0) is 48.0 Å². The SMILES string of the molecule is COc1cccc(-n2c(/C=C/c3ccc(O)c(OC)c3)nc3ccccc3c2=O)c1. The molecule has 0 aliphatic heterocycles. The van der Waals surface area contributed by atoms with E-state index in [0.29, 0.717) is 33.9 Å². The third kappa shape index (κ3) is 3.63. The minimum Gasteiger partial charge on any atom is -0.504 e. The Bertz CT molecular complexity index is 1310. The van der Waals surface area contributed by atoms with Crippen LogP contribution in [-0.4, -0.2) is 28.9 Å². The predicted molar refractivity (Wildman–Crippen MR) is 117 cm³/mol. The fourth-order valence-electron chi connectivity index (χ4n) is 3.23. The fraction of sp³-hybridized carbons (Fsp3) is 0.0833. The summed E-state index contributed by atoms with van der Waals surface area (Å²) >= 11 is 0. The van der Waals surface area contributed by atoms with Crippen molar-refractivity contribution < 1.29 is 14.6 Å². The Hall–Kier alpha value is -4.06. The first-order chi connectivity index (χ1) is 14.6. The summed E-state index contributed by atoms with van der Waals surface area (Å²) in [6.07, 6.45) is 3.58. The average Bonchev–Trinajstić information content (AvgIpc) is 2.78. The normalized spacial score (nSPS) is 11.1. The first kappa shape index (κ1) is 19.3. The molecular formula is C24H20N2O4. The van der Waals surface area contributed by atoms with Gasteiger partial charge in [0.15, 0.2) is 11.5 Å². The maximum atomic E-state index is 13.3. The molecule has 0 unspecified atom stereocenters. The Balaban J connectivity index is 1.90. The topological polar surface area (TPSA) is 73.6 Å². The van der Waals surface area contributed by atoms with Crippen LogP contribution in [-0.2, 0) is 0 Å². The van der Waals surface area contributed by atoms with Crippen LogP contribution in [0.25, 0.3) is 28.7 Å². The monoisotopic (exact) mass is 400 g/mol. The maximum Gasteiger partial charge on any atom is 0.266 e. The van der Waals surface area contributed by atoms with Crippen molar-refractivity contribution in [2.45, 2.75) is 0 Å². The lowest BCUT2D eigenvalue weighted by molar-refractivity contribution is 0.373. The van der Waals surface area contributed by atoms with Crippen molar-refractivity contribution in [2.75, 3.05) is 14.2 Å². The molecular weight excluding hydrogens is 380 g/mol. The van der Waals surface area contributed by atoms with Crippen LogP contribution >= 0.6 is 0 Å². The molecule has 30 heavy (non-hydrogen) atoms. The van der Waals surface area contributed by atoms with Crippen molar-refractivity contribution >= 4 is 23.1 Å². The predicted octanol–water partition coefficient (Wildman–Crippen LogP) is 4.28. The van der Waals surface area contributed by atoms with Gasteiger partial charge in [0.25, 0.3) is 5.56 Å². The molecule has 4 aromatic rings. The maximum absolute atomic E-state index is 13.3. The number of aromatic nitrogens is 2. The van der Waals surface area contributed by atoms with Crippen LogP contribution in [0.1, 0.15) is 11.4 Å². The first-order valence-corrected chi connectivity index (χ1v) is 9.32. The van der Waals surface area contributed by atoms with Crippen LogP contribution < -0.4 is 15.0 Å². The second-order valence-corrected chi connectivity index (χ2v) is 6.59. The second-order valence-electron chi connectivity index (χ2n) is 6.59. The molecule has 150 valence electrons. The third-order valence-corrected chi connectivity index (χ3v) is 4.74. The van der Waals surface area contributed by atoms with Gasteiger partial charge < -0.3 is 14.6 Å². The highest BCUT2D eigenvalue weighted by atomic mass is 16.5. The van der Waals surface area contributed by atoms with E-state index in [-0.39, 0.29) is 11.3 Å². The molecule has 0 fully saturated rings. The van der Waals surface area contributed by atoms with Gasteiger partial charge in [0, 0.05) is 6.07 Å². The summed E-state index contributed by atoms with van der Waals surface area (Å²) in [7, 11) is 3.08. The minimum atomic E-state index is -0.170. The van der Waals surface area contributed by atoms with Crippen molar-refractivity contribution in [2.24, 2.45) is 0 Å². The Morgan fingerprint density at radius 1 is 0.933 bits per heavy atom. The number of hydrogen-bond acceptors (Lipinski definition) is 5. The zero-order chi connectivity index (χ0) is 21.1. The summed E-state index contributed by atoms with van der Waals surface area (Å²) in [4.78, 5) is 18.0. The number of fused-ring (bicyclic) bond motifs is 1. The number of phenols is 1. The molecule has 6 nitrogen and oxygen atoms in total.